The van der Waals surface area contributed by atoms with Gasteiger partial charge in [0.2, 0.25) is 11.8 Å². The lowest BCUT2D eigenvalue weighted by molar-refractivity contribution is -0.166. The number of alkyl halides is 2. The normalized spacial score (nSPS) is 14.7. The number of rotatable bonds is 12. The number of hydrogen-bond acceptors (Lipinski definition) is 10. The molecule has 4 aromatic rings. The second-order valence-electron chi connectivity index (χ2n) is 10.4. The van der Waals surface area contributed by atoms with Gasteiger partial charge in [0.15, 0.2) is 6.29 Å². The minimum atomic E-state index is -2.82. The Labute approximate surface area is 263 Å². The van der Waals surface area contributed by atoms with Crippen molar-refractivity contribution < 1.29 is 36.9 Å². The molecule has 1 aliphatic rings. The number of nitrogen functional groups attached to an aromatic ring is 1. The molecule has 0 saturated carbocycles. The molecule has 1 aromatic carbocycles. The van der Waals surface area contributed by atoms with Crippen LogP contribution in [0, 0.1) is 12.7 Å². The fourth-order valence-corrected chi connectivity index (χ4v) is 4.81. The Bertz CT molecular complexity index is 1640. The molecule has 3 N–H and O–H groups in total. The first-order valence-electron chi connectivity index (χ1n) is 14.7. The van der Waals surface area contributed by atoms with Crippen LogP contribution in [0.2, 0.25) is 0 Å². The molecule has 1 aliphatic heterocycles. The maximum atomic E-state index is 13.7. The molecule has 1 fully saturated rings. The average molecular weight is 639 g/mol. The van der Waals surface area contributed by atoms with Crippen LogP contribution in [-0.2, 0) is 27.4 Å². The molecule has 0 spiro atoms. The number of ether oxygens (including phenoxy) is 4. The number of aromatic nitrogens is 4. The number of hydrogen-bond donors (Lipinski definition) is 2. The Morgan fingerprint density at radius 3 is 2.59 bits per heavy atom. The molecule has 1 amide bonds. The summed E-state index contributed by atoms with van der Waals surface area (Å²) in [4.78, 5) is 29.2. The average Bonchev–Trinajstić information content (AvgIpc) is 3.05. The van der Waals surface area contributed by atoms with E-state index < -0.39 is 24.0 Å². The van der Waals surface area contributed by atoms with Gasteiger partial charge in [0.1, 0.15) is 24.7 Å². The van der Waals surface area contributed by atoms with Gasteiger partial charge in [0.05, 0.1) is 35.8 Å². The van der Waals surface area contributed by atoms with Gasteiger partial charge in [-0.3, -0.25) is 9.97 Å². The van der Waals surface area contributed by atoms with E-state index in [0.717, 1.165) is 19.3 Å². The number of nitrogens with two attached hydrogens (primary N) is 1. The molecule has 1 saturated heterocycles. The lowest BCUT2D eigenvalue weighted by Gasteiger charge is -2.22. The van der Waals surface area contributed by atoms with Crippen molar-refractivity contribution in [3.05, 3.63) is 83.2 Å². The first kappa shape index (κ1) is 32.6. The molecule has 1 unspecified atom stereocenters. The molecule has 11 nitrogen and oxygen atoms in total. The van der Waals surface area contributed by atoms with Crippen LogP contribution < -0.4 is 15.8 Å². The Morgan fingerprint density at radius 1 is 1.02 bits per heavy atom. The Morgan fingerprint density at radius 2 is 1.83 bits per heavy atom. The van der Waals surface area contributed by atoms with Crippen LogP contribution in [-0.4, -0.2) is 52.1 Å². The first-order valence-corrected chi connectivity index (χ1v) is 14.7. The summed E-state index contributed by atoms with van der Waals surface area (Å²) in [5, 5.41) is 2.64. The number of nitrogens with one attached hydrogen (secondary N) is 1. The van der Waals surface area contributed by atoms with E-state index in [1.165, 1.54) is 30.3 Å². The summed E-state index contributed by atoms with van der Waals surface area (Å²) in [6, 6.07) is 13.5. The third-order valence-electron chi connectivity index (χ3n) is 6.89. The predicted octanol–water partition coefficient (Wildman–Crippen LogP) is 5.92. The summed E-state index contributed by atoms with van der Waals surface area (Å²) in [5.74, 6) is -0.595. The van der Waals surface area contributed by atoms with Crippen molar-refractivity contribution in [2.75, 3.05) is 25.6 Å². The highest BCUT2D eigenvalue weighted by atomic mass is 19.3. The number of alkyl carbamates (subject to hydrolysis) is 1. The molecular weight excluding hydrogens is 605 g/mol. The molecular formula is C32H33F3N6O5. The fraction of sp³-hybridized carbons (Fsp3) is 0.344. The monoisotopic (exact) mass is 638 g/mol. The zero-order valence-corrected chi connectivity index (χ0v) is 25.0. The smallest absolute Gasteiger partial charge is 0.407 e. The van der Waals surface area contributed by atoms with Crippen molar-refractivity contribution in [2.24, 2.45) is 0 Å². The van der Waals surface area contributed by atoms with E-state index in [1.807, 2.05) is 0 Å². The predicted molar refractivity (Wildman–Crippen MR) is 161 cm³/mol. The lowest BCUT2D eigenvalue weighted by atomic mass is 9.99. The van der Waals surface area contributed by atoms with Gasteiger partial charge in [-0.25, -0.2) is 22.9 Å². The van der Waals surface area contributed by atoms with E-state index in [-0.39, 0.29) is 55.7 Å². The molecule has 1 atom stereocenters. The van der Waals surface area contributed by atoms with Gasteiger partial charge in [0, 0.05) is 17.9 Å². The third kappa shape index (κ3) is 8.88. The van der Waals surface area contributed by atoms with Gasteiger partial charge in [-0.05, 0) is 80.3 Å². The number of carbonyl (C=O) groups is 1. The zero-order chi connectivity index (χ0) is 32.5. The maximum absolute atomic E-state index is 13.7. The quantitative estimate of drug-likeness (QED) is 0.180. The number of benzene rings is 1. The van der Waals surface area contributed by atoms with E-state index in [2.05, 4.69) is 25.3 Å². The summed E-state index contributed by atoms with van der Waals surface area (Å²) in [6.07, 6.45) is -0.826. The van der Waals surface area contributed by atoms with Crippen LogP contribution in [0.4, 0.5) is 23.9 Å². The number of carbonyl (C=O) groups excluding carboxylic acids is 1. The highest BCUT2D eigenvalue weighted by Gasteiger charge is 2.22. The highest BCUT2D eigenvalue weighted by Crippen LogP contribution is 2.39. The van der Waals surface area contributed by atoms with Crippen molar-refractivity contribution in [1.82, 2.24) is 25.3 Å². The van der Waals surface area contributed by atoms with Crippen molar-refractivity contribution in [3.63, 3.8) is 0 Å². The maximum Gasteiger partial charge on any atom is 0.407 e. The van der Waals surface area contributed by atoms with Crippen molar-refractivity contribution in [2.45, 2.75) is 52.1 Å². The summed E-state index contributed by atoms with van der Waals surface area (Å²) >= 11 is 0. The summed E-state index contributed by atoms with van der Waals surface area (Å²) in [5.41, 5.74) is 8.27. The third-order valence-corrected chi connectivity index (χ3v) is 6.89. The molecule has 0 bridgehead atoms. The van der Waals surface area contributed by atoms with Gasteiger partial charge < -0.3 is 30.0 Å². The van der Waals surface area contributed by atoms with Crippen LogP contribution >= 0.6 is 0 Å². The number of halogens is 3. The molecule has 3 aromatic heterocycles. The van der Waals surface area contributed by atoms with E-state index in [0.29, 0.717) is 34.8 Å². The second kappa shape index (κ2) is 15.5. The van der Waals surface area contributed by atoms with Gasteiger partial charge in [-0.2, -0.15) is 4.98 Å². The van der Waals surface area contributed by atoms with Crippen LogP contribution in [0.25, 0.3) is 22.4 Å². The topological polar surface area (TPSA) is 144 Å². The van der Waals surface area contributed by atoms with Crippen LogP contribution in [0.15, 0.2) is 54.6 Å². The number of anilines is 1. The minimum absolute atomic E-state index is 0.00685. The molecule has 46 heavy (non-hydrogen) atoms. The fourth-order valence-electron chi connectivity index (χ4n) is 4.81. The zero-order valence-electron chi connectivity index (χ0n) is 25.0. The number of amides is 1. The summed E-state index contributed by atoms with van der Waals surface area (Å²) < 4.78 is 63.4. The number of pyridine rings is 2. The van der Waals surface area contributed by atoms with Crippen molar-refractivity contribution in [3.8, 4) is 28.3 Å². The lowest BCUT2D eigenvalue weighted by Crippen LogP contribution is -2.28. The van der Waals surface area contributed by atoms with Crippen molar-refractivity contribution >= 4 is 12.0 Å². The highest BCUT2D eigenvalue weighted by molar-refractivity contribution is 5.85. The van der Waals surface area contributed by atoms with E-state index in [9.17, 15) is 18.0 Å². The largest absolute Gasteiger partial charge is 0.471 e. The summed E-state index contributed by atoms with van der Waals surface area (Å²) in [7, 11) is 0. The van der Waals surface area contributed by atoms with E-state index in [4.69, 9.17) is 24.7 Å². The van der Waals surface area contributed by atoms with E-state index >= 15 is 0 Å². The van der Waals surface area contributed by atoms with E-state index in [1.54, 1.807) is 31.2 Å². The number of nitrogens with zero attached hydrogens (tertiary/aromatic N) is 4. The number of aryl methyl sites for hydroxylation is 1. The Kier molecular flexibility index (Phi) is 10.9. The first-order chi connectivity index (χ1) is 22.2. The Hall–Kier alpha value is -4.82. The van der Waals surface area contributed by atoms with Gasteiger partial charge in [-0.1, -0.05) is 6.07 Å². The van der Waals surface area contributed by atoms with Crippen LogP contribution in [0.5, 0.6) is 5.88 Å². The van der Waals surface area contributed by atoms with Gasteiger partial charge in [-0.15, -0.1) is 0 Å². The van der Waals surface area contributed by atoms with Crippen LogP contribution in [0.3, 0.4) is 0 Å². The second-order valence-corrected chi connectivity index (χ2v) is 10.4. The molecule has 14 heteroatoms. The van der Waals surface area contributed by atoms with Gasteiger partial charge >= 0.3 is 6.09 Å². The molecule has 5 rings (SSSR count). The Balaban J connectivity index is 1.29. The molecule has 0 aliphatic carbocycles. The van der Waals surface area contributed by atoms with Crippen LogP contribution in [0.1, 0.15) is 48.5 Å². The molecule has 242 valence electrons. The minimum Gasteiger partial charge on any atom is -0.471 e. The SMILES string of the molecule is Cc1cc(-c2c(OCc3cccc(CNC(=O)OCCOC4CCCCO4)n3)nc(N)nc2-c2ccc(F)cc2)cc(C(F)F)n1. The molecule has 0 radical (unpaired) electrons. The summed E-state index contributed by atoms with van der Waals surface area (Å²) in [6.45, 7) is 2.56. The standard InChI is InChI=1S/C32H33F3N6O5/c1-19-15-21(16-25(38-19)29(34)35)27-28(20-8-10-22(33)11-9-20)40-31(36)41-30(27)46-18-24-6-4-5-23(39-24)17-37-32(42)45-14-13-44-26-7-2-3-12-43-26/h4-6,8-11,15-16,26,29H,2-3,7,12-14,17-18H2,1H3,(H,37,42)(H2,36,40,41). The van der Waals surface area contributed by atoms with Crippen molar-refractivity contribution in [1.29, 1.82) is 0 Å². The van der Waals surface area contributed by atoms with Gasteiger partial charge in [0.25, 0.3) is 6.43 Å². The molecule has 4 heterocycles.